The zero-order chi connectivity index (χ0) is 20.3. The van der Waals surface area contributed by atoms with Crippen molar-refractivity contribution in [1.82, 2.24) is 15.4 Å². The summed E-state index contributed by atoms with van der Waals surface area (Å²) in [5.74, 6) is 0.737. The van der Waals surface area contributed by atoms with Crippen LogP contribution in [-0.4, -0.2) is 53.8 Å². The van der Waals surface area contributed by atoms with E-state index < -0.39 is 10.0 Å². The van der Waals surface area contributed by atoms with Gasteiger partial charge in [-0.1, -0.05) is 18.9 Å². The Morgan fingerprint density at radius 2 is 2.00 bits per heavy atom. The fourth-order valence-electron chi connectivity index (χ4n) is 3.49. The number of halogens is 1. The molecule has 0 aromatic carbocycles. The SMILES string of the molecule is CCNC(=NCC1(CCOCC)CCCC1)NCCNS(=O)(=O)c1cccs1.I. The molecular weight excluding hydrogens is 523 g/mol. The van der Waals surface area contributed by atoms with E-state index in [2.05, 4.69) is 15.4 Å². The van der Waals surface area contributed by atoms with Gasteiger partial charge in [0.1, 0.15) is 4.21 Å². The topological polar surface area (TPSA) is 91.8 Å². The molecule has 1 aromatic rings. The number of hydrogen-bond acceptors (Lipinski definition) is 5. The van der Waals surface area contributed by atoms with Crippen molar-refractivity contribution in [3.05, 3.63) is 17.5 Å². The molecule has 0 radical (unpaired) electrons. The highest BCUT2D eigenvalue weighted by Crippen LogP contribution is 2.41. The molecule has 0 spiro atoms. The van der Waals surface area contributed by atoms with Gasteiger partial charge in [0.15, 0.2) is 5.96 Å². The maximum Gasteiger partial charge on any atom is 0.250 e. The summed E-state index contributed by atoms with van der Waals surface area (Å²) in [5, 5.41) is 8.24. The van der Waals surface area contributed by atoms with Crippen molar-refractivity contribution in [3.8, 4) is 0 Å². The van der Waals surface area contributed by atoms with Crippen LogP contribution in [0.2, 0.25) is 0 Å². The molecule has 1 fully saturated rings. The van der Waals surface area contributed by atoms with Gasteiger partial charge in [0.25, 0.3) is 0 Å². The predicted octanol–water partition coefficient (Wildman–Crippen LogP) is 3.19. The van der Waals surface area contributed by atoms with Crippen LogP contribution in [0.4, 0.5) is 0 Å². The first-order valence-electron chi connectivity index (χ1n) is 10.1. The summed E-state index contributed by atoms with van der Waals surface area (Å²) in [6, 6.07) is 3.34. The van der Waals surface area contributed by atoms with E-state index in [1.807, 2.05) is 13.8 Å². The van der Waals surface area contributed by atoms with Crippen molar-refractivity contribution < 1.29 is 13.2 Å². The van der Waals surface area contributed by atoms with Gasteiger partial charge in [-0.2, -0.15) is 0 Å². The Labute approximate surface area is 196 Å². The zero-order valence-corrected chi connectivity index (χ0v) is 21.4. The Balaban J connectivity index is 0.00000420. The van der Waals surface area contributed by atoms with Gasteiger partial charge < -0.3 is 15.4 Å². The van der Waals surface area contributed by atoms with E-state index in [1.165, 1.54) is 37.0 Å². The fourth-order valence-corrected chi connectivity index (χ4v) is 5.56. The van der Waals surface area contributed by atoms with E-state index in [0.717, 1.165) is 38.7 Å². The van der Waals surface area contributed by atoms with Crippen LogP contribution in [-0.2, 0) is 14.8 Å². The predicted molar refractivity (Wildman–Crippen MR) is 131 cm³/mol. The molecule has 1 heterocycles. The molecule has 0 atom stereocenters. The second kappa shape index (κ2) is 13.8. The zero-order valence-electron chi connectivity index (χ0n) is 17.4. The van der Waals surface area contributed by atoms with Crippen LogP contribution in [0.15, 0.2) is 26.7 Å². The summed E-state index contributed by atoms with van der Waals surface area (Å²) < 4.78 is 32.8. The molecule has 0 saturated heterocycles. The van der Waals surface area contributed by atoms with Gasteiger partial charge in [0.2, 0.25) is 10.0 Å². The number of hydrogen-bond donors (Lipinski definition) is 3. The highest BCUT2D eigenvalue weighted by Gasteiger charge is 2.33. The highest BCUT2D eigenvalue weighted by molar-refractivity contribution is 14.0. The van der Waals surface area contributed by atoms with Crippen LogP contribution in [0.3, 0.4) is 0 Å². The van der Waals surface area contributed by atoms with Gasteiger partial charge in [-0.3, -0.25) is 4.99 Å². The third kappa shape index (κ3) is 9.07. The molecule has 29 heavy (non-hydrogen) atoms. The molecule has 0 unspecified atom stereocenters. The molecule has 168 valence electrons. The van der Waals surface area contributed by atoms with Crippen LogP contribution in [0, 0.1) is 5.41 Å². The van der Waals surface area contributed by atoms with E-state index in [4.69, 9.17) is 9.73 Å². The summed E-state index contributed by atoms with van der Waals surface area (Å²) in [6.45, 7) is 7.92. The minimum absolute atomic E-state index is 0. The van der Waals surface area contributed by atoms with Gasteiger partial charge in [-0.25, -0.2) is 13.1 Å². The number of guanidine groups is 1. The Hall–Kier alpha value is -0.430. The van der Waals surface area contributed by atoms with Crippen molar-refractivity contribution >= 4 is 51.3 Å². The van der Waals surface area contributed by atoms with Crippen LogP contribution in [0.1, 0.15) is 46.0 Å². The second-order valence-electron chi connectivity index (χ2n) is 7.11. The number of aliphatic imine (C=N–C) groups is 1. The Morgan fingerprint density at radius 1 is 1.24 bits per heavy atom. The lowest BCUT2D eigenvalue weighted by molar-refractivity contribution is 0.107. The quantitative estimate of drug-likeness (QED) is 0.159. The van der Waals surface area contributed by atoms with E-state index in [1.54, 1.807) is 17.5 Å². The molecule has 10 heteroatoms. The maximum absolute atomic E-state index is 12.1. The van der Waals surface area contributed by atoms with Crippen molar-refractivity contribution in [3.63, 3.8) is 0 Å². The van der Waals surface area contributed by atoms with Crippen LogP contribution < -0.4 is 15.4 Å². The van der Waals surface area contributed by atoms with Crippen molar-refractivity contribution in [2.24, 2.45) is 10.4 Å². The van der Waals surface area contributed by atoms with E-state index in [9.17, 15) is 8.42 Å². The number of nitrogens with zero attached hydrogens (tertiary/aromatic N) is 1. The Morgan fingerprint density at radius 3 is 2.62 bits per heavy atom. The lowest BCUT2D eigenvalue weighted by Crippen LogP contribution is -2.42. The maximum atomic E-state index is 12.1. The molecule has 7 nitrogen and oxygen atoms in total. The number of sulfonamides is 1. The average molecular weight is 559 g/mol. The normalized spacial score (nSPS) is 16.4. The van der Waals surface area contributed by atoms with Gasteiger partial charge in [-0.05, 0) is 50.0 Å². The second-order valence-corrected chi connectivity index (χ2v) is 10.0. The first-order valence-corrected chi connectivity index (χ1v) is 12.5. The minimum atomic E-state index is -3.42. The standard InChI is InChI=1S/C19H34N4O3S2.HI/c1-3-20-18(21-12-13-23-28(24,25)17-8-7-15-27-17)22-16-19(9-5-6-10-19)11-14-26-4-2;/h7-8,15,23H,3-6,9-14,16H2,1-2H3,(H2,20,21,22);1H. The molecule has 2 rings (SSSR count). The molecule has 0 aliphatic heterocycles. The summed E-state index contributed by atoms with van der Waals surface area (Å²) in [6.07, 6.45) is 5.96. The molecule has 0 bridgehead atoms. The molecule has 1 aromatic heterocycles. The monoisotopic (exact) mass is 558 g/mol. The average Bonchev–Trinajstić information content (AvgIpc) is 3.36. The first-order chi connectivity index (χ1) is 13.5. The Bertz CT molecular complexity index is 690. The van der Waals surface area contributed by atoms with Crippen molar-refractivity contribution in [2.75, 3.05) is 39.4 Å². The summed E-state index contributed by atoms with van der Waals surface area (Å²) >= 11 is 1.21. The summed E-state index contributed by atoms with van der Waals surface area (Å²) in [4.78, 5) is 4.79. The molecule has 1 aliphatic rings. The minimum Gasteiger partial charge on any atom is -0.382 e. The summed E-state index contributed by atoms with van der Waals surface area (Å²) in [7, 11) is -3.42. The van der Waals surface area contributed by atoms with Gasteiger partial charge in [0, 0.05) is 39.4 Å². The highest BCUT2D eigenvalue weighted by atomic mass is 127. The van der Waals surface area contributed by atoms with Crippen molar-refractivity contribution in [2.45, 2.75) is 50.2 Å². The van der Waals surface area contributed by atoms with E-state index in [-0.39, 0.29) is 29.4 Å². The molecular formula is C19H35IN4O3S2. The third-order valence-electron chi connectivity index (χ3n) is 5.03. The lowest BCUT2D eigenvalue weighted by atomic mass is 9.83. The first kappa shape index (κ1) is 26.6. The van der Waals surface area contributed by atoms with Gasteiger partial charge in [0.05, 0.1) is 0 Å². The lowest BCUT2D eigenvalue weighted by Gasteiger charge is -2.27. The number of thiophene rings is 1. The van der Waals surface area contributed by atoms with Crippen LogP contribution >= 0.6 is 35.3 Å². The number of rotatable bonds is 12. The largest absolute Gasteiger partial charge is 0.382 e. The molecule has 1 aliphatic carbocycles. The van der Waals surface area contributed by atoms with Crippen LogP contribution in [0.25, 0.3) is 0 Å². The van der Waals surface area contributed by atoms with Crippen molar-refractivity contribution in [1.29, 1.82) is 0 Å². The Kier molecular flexibility index (Phi) is 12.7. The van der Waals surface area contributed by atoms with Crippen LogP contribution in [0.5, 0.6) is 0 Å². The van der Waals surface area contributed by atoms with Gasteiger partial charge in [-0.15, -0.1) is 35.3 Å². The van der Waals surface area contributed by atoms with E-state index in [0.29, 0.717) is 17.3 Å². The number of nitrogens with one attached hydrogen (secondary N) is 3. The van der Waals surface area contributed by atoms with Gasteiger partial charge >= 0.3 is 0 Å². The van der Waals surface area contributed by atoms with E-state index >= 15 is 0 Å². The molecule has 3 N–H and O–H groups in total. The molecule has 0 amide bonds. The summed E-state index contributed by atoms with van der Waals surface area (Å²) in [5.41, 5.74) is 0.234. The fraction of sp³-hybridized carbons (Fsp3) is 0.737. The smallest absolute Gasteiger partial charge is 0.250 e. The third-order valence-corrected chi connectivity index (χ3v) is 7.89. The molecule has 1 saturated carbocycles. The number of ether oxygens (including phenoxy) is 1.